The van der Waals surface area contributed by atoms with Crippen molar-refractivity contribution in [3.8, 4) is 0 Å². The summed E-state index contributed by atoms with van der Waals surface area (Å²) in [5, 5.41) is 9.26. The van der Waals surface area contributed by atoms with Crippen LogP contribution in [0.4, 0.5) is 0 Å². The monoisotopic (exact) mass is 142 g/mol. The highest BCUT2D eigenvalue weighted by Crippen LogP contribution is 2.26. The first-order chi connectivity index (χ1) is 4.77. The van der Waals surface area contributed by atoms with Gasteiger partial charge in [-0.25, -0.2) is 0 Å². The third-order valence-corrected chi connectivity index (χ3v) is 2.67. The van der Waals surface area contributed by atoms with Crippen molar-refractivity contribution in [3.05, 3.63) is 0 Å². The summed E-state index contributed by atoms with van der Waals surface area (Å²) in [4.78, 5) is 2.30. The summed E-state index contributed by atoms with van der Waals surface area (Å²) in [7, 11) is 0. The molecule has 0 aromatic rings. The van der Waals surface area contributed by atoms with Gasteiger partial charge >= 0.3 is 0 Å². The molecule has 2 aliphatic rings. The van der Waals surface area contributed by atoms with E-state index in [1.54, 1.807) is 0 Å². The van der Waals surface area contributed by atoms with E-state index in [1.165, 1.54) is 0 Å². The van der Waals surface area contributed by atoms with Crippen molar-refractivity contribution in [1.29, 1.82) is 0 Å². The smallest absolute Gasteiger partial charge is 0.0682 e. The van der Waals surface area contributed by atoms with Gasteiger partial charge in [0.05, 0.1) is 6.10 Å². The molecule has 2 heterocycles. The topological polar surface area (TPSA) is 49.5 Å². The van der Waals surface area contributed by atoms with Crippen molar-refractivity contribution >= 4 is 0 Å². The number of hydrogen-bond acceptors (Lipinski definition) is 3. The Morgan fingerprint density at radius 1 is 1.50 bits per heavy atom. The Morgan fingerprint density at radius 2 is 2.30 bits per heavy atom. The maximum absolute atomic E-state index is 9.26. The molecule has 3 heteroatoms. The molecule has 58 valence electrons. The number of rotatable bonds is 0. The maximum atomic E-state index is 9.26. The SMILES string of the molecule is NC1CCN2CC(O)CC12. The fourth-order valence-corrected chi connectivity index (χ4v) is 2.12. The predicted molar refractivity (Wildman–Crippen MR) is 38.6 cm³/mol. The highest BCUT2D eigenvalue weighted by molar-refractivity contribution is 4.96. The van der Waals surface area contributed by atoms with Crippen LogP contribution >= 0.6 is 0 Å². The largest absolute Gasteiger partial charge is 0.392 e. The van der Waals surface area contributed by atoms with Crippen LogP contribution in [0.1, 0.15) is 12.8 Å². The van der Waals surface area contributed by atoms with Gasteiger partial charge in [0, 0.05) is 25.2 Å². The van der Waals surface area contributed by atoms with Gasteiger partial charge in [0.15, 0.2) is 0 Å². The molecule has 2 rings (SSSR count). The third-order valence-electron chi connectivity index (χ3n) is 2.67. The Labute approximate surface area is 60.8 Å². The summed E-state index contributed by atoms with van der Waals surface area (Å²) < 4.78 is 0. The second-order valence-electron chi connectivity index (χ2n) is 3.40. The van der Waals surface area contributed by atoms with E-state index in [0.29, 0.717) is 12.1 Å². The molecule has 0 amide bonds. The number of aliphatic hydroxyl groups is 1. The van der Waals surface area contributed by atoms with Gasteiger partial charge in [-0.15, -0.1) is 0 Å². The van der Waals surface area contributed by atoms with Crippen LogP contribution in [0.2, 0.25) is 0 Å². The molecule has 0 spiro atoms. The van der Waals surface area contributed by atoms with Gasteiger partial charge in [0.25, 0.3) is 0 Å². The normalized spacial score (nSPS) is 48.0. The number of fused-ring (bicyclic) bond motifs is 1. The van der Waals surface area contributed by atoms with Gasteiger partial charge in [-0.3, -0.25) is 4.90 Å². The minimum Gasteiger partial charge on any atom is -0.392 e. The van der Waals surface area contributed by atoms with Gasteiger partial charge in [0.1, 0.15) is 0 Å². The molecule has 3 unspecified atom stereocenters. The fourth-order valence-electron chi connectivity index (χ4n) is 2.12. The summed E-state index contributed by atoms with van der Waals surface area (Å²) in [5.74, 6) is 0. The molecular formula is C7H14N2O. The van der Waals surface area contributed by atoms with Crippen LogP contribution in [-0.4, -0.2) is 41.3 Å². The van der Waals surface area contributed by atoms with Crippen LogP contribution in [0.25, 0.3) is 0 Å². The van der Waals surface area contributed by atoms with Crippen molar-refractivity contribution in [2.75, 3.05) is 13.1 Å². The van der Waals surface area contributed by atoms with E-state index in [9.17, 15) is 5.11 Å². The summed E-state index contributed by atoms with van der Waals surface area (Å²) in [6.45, 7) is 1.93. The van der Waals surface area contributed by atoms with Crippen LogP contribution in [-0.2, 0) is 0 Å². The van der Waals surface area contributed by atoms with Crippen LogP contribution in [0.3, 0.4) is 0 Å². The van der Waals surface area contributed by atoms with Gasteiger partial charge < -0.3 is 10.8 Å². The minimum atomic E-state index is -0.114. The Kier molecular flexibility index (Phi) is 1.44. The molecule has 0 aromatic heterocycles. The highest BCUT2D eigenvalue weighted by Gasteiger charge is 2.38. The lowest BCUT2D eigenvalue weighted by molar-refractivity contribution is 0.177. The van der Waals surface area contributed by atoms with Crippen molar-refractivity contribution in [1.82, 2.24) is 4.90 Å². The van der Waals surface area contributed by atoms with Crippen LogP contribution in [0.15, 0.2) is 0 Å². The fraction of sp³-hybridized carbons (Fsp3) is 1.00. The molecule has 0 aromatic carbocycles. The average Bonchev–Trinajstić information content (AvgIpc) is 2.35. The van der Waals surface area contributed by atoms with Crippen molar-refractivity contribution < 1.29 is 5.11 Å². The quantitative estimate of drug-likeness (QED) is 0.463. The zero-order valence-electron chi connectivity index (χ0n) is 6.03. The zero-order valence-corrected chi connectivity index (χ0v) is 6.03. The van der Waals surface area contributed by atoms with Gasteiger partial charge in [-0.05, 0) is 12.8 Å². The second-order valence-corrected chi connectivity index (χ2v) is 3.40. The predicted octanol–water partition coefficient (Wildman–Crippen LogP) is -0.847. The van der Waals surface area contributed by atoms with Gasteiger partial charge in [-0.1, -0.05) is 0 Å². The van der Waals surface area contributed by atoms with Crippen molar-refractivity contribution in [2.45, 2.75) is 31.0 Å². The van der Waals surface area contributed by atoms with E-state index < -0.39 is 0 Å². The summed E-state index contributed by atoms with van der Waals surface area (Å²) in [6, 6.07) is 0.798. The lowest BCUT2D eigenvalue weighted by atomic mass is 10.1. The molecule has 10 heavy (non-hydrogen) atoms. The molecule has 0 aliphatic carbocycles. The number of nitrogens with zero attached hydrogens (tertiary/aromatic N) is 1. The lowest BCUT2D eigenvalue weighted by Crippen LogP contribution is -2.34. The van der Waals surface area contributed by atoms with Crippen molar-refractivity contribution in [3.63, 3.8) is 0 Å². The number of hydrogen-bond donors (Lipinski definition) is 2. The molecule has 0 saturated carbocycles. The second kappa shape index (κ2) is 2.19. The van der Waals surface area contributed by atoms with Crippen LogP contribution in [0.5, 0.6) is 0 Å². The molecule has 0 bridgehead atoms. The van der Waals surface area contributed by atoms with Crippen LogP contribution in [0, 0.1) is 0 Å². The summed E-state index contributed by atoms with van der Waals surface area (Å²) >= 11 is 0. The molecule has 0 radical (unpaired) electrons. The Hall–Kier alpha value is -0.120. The van der Waals surface area contributed by atoms with E-state index in [1.807, 2.05) is 0 Å². The van der Waals surface area contributed by atoms with E-state index in [4.69, 9.17) is 5.73 Å². The first-order valence-corrected chi connectivity index (χ1v) is 3.95. The first kappa shape index (κ1) is 6.58. The first-order valence-electron chi connectivity index (χ1n) is 3.95. The van der Waals surface area contributed by atoms with E-state index in [0.717, 1.165) is 25.9 Å². The molecule has 3 nitrogen and oxygen atoms in total. The Bertz CT molecular complexity index is 140. The minimum absolute atomic E-state index is 0.114. The lowest BCUT2D eigenvalue weighted by Gasteiger charge is -2.15. The summed E-state index contributed by atoms with van der Waals surface area (Å²) in [5.41, 5.74) is 5.83. The van der Waals surface area contributed by atoms with Gasteiger partial charge in [0.2, 0.25) is 0 Å². The Morgan fingerprint density at radius 3 is 3.00 bits per heavy atom. The third kappa shape index (κ3) is 0.856. The van der Waals surface area contributed by atoms with Crippen LogP contribution < -0.4 is 5.73 Å². The number of nitrogens with two attached hydrogens (primary N) is 1. The standard InChI is InChI=1S/C7H14N2O/c8-6-1-2-9-4-5(10)3-7(6)9/h5-7,10H,1-4,8H2. The average molecular weight is 142 g/mol. The molecule has 2 saturated heterocycles. The molecule has 2 aliphatic heterocycles. The summed E-state index contributed by atoms with van der Waals surface area (Å²) in [6.07, 6.45) is 1.88. The highest BCUT2D eigenvalue weighted by atomic mass is 16.3. The molecule has 3 N–H and O–H groups in total. The molecule has 2 fully saturated rings. The number of aliphatic hydroxyl groups excluding tert-OH is 1. The van der Waals surface area contributed by atoms with Gasteiger partial charge in [-0.2, -0.15) is 0 Å². The zero-order chi connectivity index (χ0) is 7.14. The Balaban J connectivity index is 2.05. The molecule has 3 atom stereocenters. The van der Waals surface area contributed by atoms with E-state index in [-0.39, 0.29) is 6.10 Å². The van der Waals surface area contributed by atoms with E-state index in [2.05, 4.69) is 4.90 Å². The van der Waals surface area contributed by atoms with E-state index >= 15 is 0 Å². The maximum Gasteiger partial charge on any atom is 0.0682 e. The van der Waals surface area contributed by atoms with Crippen molar-refractivity contribution in [2.24, 2.45) is 5.73 Å². The molecular weight excluding hydrogens is 128 g/mol.